The van der Waals surface area contributed by atoms with Crippen molar-refractivity contribution in [2.75, 3.05) is 0 Å². The van der Waals surface area contributed by atoms with Gasteiger partial charge in [-0.25, -0.2) is 8.78 Å². The molecule has 0 saturated carbocycles. The molecule has 0 aromatic carbocycles. The van der Waals surface area contributed by atoms with Gasteiger partial charge in [-0.2, -0.15) is 0 Å². The van der Waals surface area contributed by atoms with Crippen molar-refractivity contribution >= 4 is 11.9 Å². The van der Waals surface area contributed by atoms with Crippen molar-refractivity contribution in [3.05, 3.63) is 0 Å². The third kappa shape index (κ3) is 2.87. The number of carboxylic acid groups (broad SMARTS) is 2. The van der Waals surface area contributed by atoms with Gasteiger partial charge < -0.3 is 10.2 Å². The van der Waals surface area contributed by atoms with E-state index in [2.05, 4.69) is 0 Å². The minimum atomic E-state index is -3.40. The Labute approximate surface area is 85.9 Å². The Morgan fingerprint density at radius 2 is 1.67 bits per heavy atom. The lowest BCUT2D eigenvalue weighted by Crippen LogP contribution is -2.45. The van der Waals surface area contributed by atoms with E-state index in [0.29, 0.717) is 12.8 Å². The van der Waals surface area contributed by atoms with E-state index in [1.54, 1.807) is 0 Å². The highest BCUT2D eigenvalue weighted by molar-refractivity contribution is 5.98. The number of rotatable bonds is 7. The zero-order valence-corrected chi connectivity index (χ0v) is 8.37. The third-order valence-electron chi connectivity index (χ3n) is 2.31. The van der Waals surface area contributed by atoms with E-state index in [1.165, 1.54) is 0 Å². The van der Waals surface area contributed by atoms with E-state index in [1.807, 2.05) is 6.92 Å². The molecule has 0 radical (unpaired) electrons. The van der Waals surface area contributed by atoms with Crippen LogP contribution in [0.2, 0.25) is 0 Å². The molecule has 2 N–H and O–H groups in total. The van der Waals surface area contributed by atoms with Crippen LogP contribution in [0.1, 0.15) is 32.6 Å². The Balaban J connectivity index is 4.81. The van der Waals surface area contributed by atoms with Crippen LogP contribution in [0.5, 0.6) is 0 Å². The maximum absolute atomic E-state index is 12.5. The van der Waals surface area contributed by atoms with Gasteiger partial charge in [-0.3, -0.25) is 9.59 Å². The number of hydrogen-bond acceptors (Lipinski definition) is 2. The summed E-state index contributed by atoms with van der Waals surface area (Å²) in [5, 5.41) is 17.2. The number of unbranched alkanes of at least 4 members (excludes halogenated alkanes) is 2. The van der Waals surface area contributed by atoms with E-state index in [0.717, 1.165) is 0 Å². The lowest BCUT2D eigenvalue weighted by atomic mass is 9.83. The molecule has 0 heterocycles. The van der Waals surface area contributed by atoms with E-state index in [-0.39, 0.29) is 6.42 Å². The molecular weight excluding hydrogens is 210 g/mol. The first-order valence-corrected chi connectivity index (χ1v) is 4.64. The average Bonchev–Trinajstić information content (AvgIpc) is 2.10. The Bertz CT molecular complexity index is 226. The molecule has 0 fully saturated rings. The summed E-state index contributed by atoms with van der Waals surface area (Å²) in [4.78, 5) is 21.3. The number of aliphatic carboxylic acids is 2. The minimum absolute atomic E-state index is 0.166. The number of carbonyl (C=O) groups is 2. The monoisotopic (exact) mass is 224 g/mol. The zero-order chi connectivity index (χ0) is 12.1. The van der Waals surface area contributed by atoms with E-state index >= 15 is 0 Å². The summed E-state index contributed by atoms with van der Waals surface area (Å²) in [6, 6.07) is 0. The van der Waals surface area contributed by atoms with Crippen LogP contribution in [-0.2, 0) is 9.59 Å². The highest BCUT2D eigenvalue weighted by Gasteiger charge is 2.54. The fourth-order valence-electron chi connectivity index (χ4n) is 1.25. The first-order valence-electron chi connectivity index (χ1n) is 4.64. The van der Waals surface area contributed by atoms with Crippen LogP contribution in [0.25, 0.3) is 0 Å². The van der Waals surface area contributed by atoms with Gasteiger partial charge in [0.25, 0.3) is 6.43 Å². The second-order valence-electron chi connectivity index (χ2n) is 3.34. The van der Waals surface area contributed by atoms with Crippen molar-refractivity contribution in [3.63, 3.8) is 0 Å². The molecule has 0 unspecified atom stereocenters. The van der Waals surface area contributed by atoms with Gasteiger partial charge in [0.15, 0.2) is 0 Å². The lowest BCUT2D eigenvalue weighted by molar-refractivity contribution is -0.177. The molecule has 0 aliphatic rings. The van der Waals surface area contributed by atoms with Gasteiger partial charge in [-0.1, -0.05) is 26.2 Å². The summed E-state index contributed by atoms with van der Waals surface area (Å²) < 4.78 is 25.0. The third-order valence-corrected chi connectivity index (χ3v) is 2.31. The van der Waals surface area contributed by atoms with Gasteiger partial charge in [-0.15, -0.1) is 0 Å². The molecule has 88 valence electrons. The molecule has 0 spiro atoms. The maximum Gasteiger partial charge on any atom is 0.327 e. The Hall–Kier alpha value is -1.20. The van der Waals surface area contributed by atoms with Crippen LogP contribution in [0.4, 0.5) is 8.78 Å². The van der Waals surface area contributed by atoms with E-state index < -0.39 is 30.2 Å². The number of halogens is 2. The highest BCUT2D eigenvalue weighted by Crippen LogP contribution is 2.33. The fraction of sp³-hybridized carbons (Fsp3) is 0.778. The van der Waals surface area contributed by atoms with Crippen molar-refractivity contribution in [3.8, 4) is 0 Å². The largest absolute Gasteiger partial charge is 0.480 e. The fourth-order valence-corrected chi connectivity index (χ4v) is 1.25. The van der Waals surface area contributed by atoms with Gasteiger partial charge in [0.05, 0.1) is 0 Å². The van der Waals surface area contributed by atoms with Gasteiger partial charge >= 0.3 is 11.9 Å². The summed E-state index contributed by atoms with van der Waals surface area (Å²) in [7, 11) is 0. The summed E-state index contributed by atoms with van der Waals surface area (Å²) in [6.07, 6.45) is -2.53. The molecule has 0 saturated heterocycles. The molecule has 4 nitrogen and oxygen atoms in total. The number of alkyl halides is 2. The molecule has 0 rings (SSSR count). The summed E-state index contributed by atoms with van der Waals surface area (Å²) >= 11 is 0. The second kappa shape index (κ2) is 5.63. The molecular formula is C9H14F2O4. The van der Waals surface area contributed by atoms with Crippen LogP contribution < -0.4 is 0 Å². The van der Waals surface area contributed by atoms with Crippen molar-refractivity contribution in [1.29, 1.82) is 0 Å². The number of carboxylic acids is 2. The quantitative estimate of drug-likeness (QED) is 0.512. The van der Waals surface area contributed by atoms with Crippen molar-refractivity contribution in [2.24, 2.45) is 5.41 Å². The van der Waals surface area contributed by atoms with Gasteiger partial charge in [0.2, 0.25) is 5.41 Å². The van der Waals surface area contributed by atoms with E-state index in [9.17, 15) is 18.4 Å². The van der Waals surface area contributed by atoms with Gasteiger partial charge in [0.1, 0.15) is 0 Å². The van der Waals surface area contributed by atoms with Crippen molar-refractivity contribution in [2.45, 2.75) is 39.0 Å². The minimum Gasteiger partial charge on any atom is -0.480 e. The zero-order valence-electron chi connectivity index (χ0n) is 8.37. The maximum atomic E-state index is 12.5. The molecule has 0 amide bonds. The van der Waals surface area contributed by atoms with Crippen LogP contribution in [-0.4, -0.2) is 28.6 Å². The van der Waals surface area contributed by atoms with Crippen LogP contribution in [0.15, 0.2) is 0 Å². The normalized spacial score (nSPS) is 11.7. The number of hydrogen-bond donors (Lipinski definition) is 2. The molecule has 6 heteroatoms. The van der Waals surface area contributed by atoms with Crippen LogP contribution in [0, 0.1) is 5.41 Å². The molecule has 0 aliphatic carbocycles. The molecule has 0 aromatic rings. The molecule has 0 aliphatic heterocycles. The first kappa shape index (κ1) is 13.8. The van der Waals surface area contributed by atoms with Crippen molar-refractivity contribution < 1.29 is 28.6 Å². The summed E-state index contributed by atoms with van der Waals surface area (Å²) in [6.45, 7) is 1.81. The molecule has 0 atom stereocenters. The summed E-state index contributed by atoms with van der Waals surface area (Å²) in [5.41, 5.74) is -2.95. The second-order valence-corrected chi connectivity index (χ2v) is 3.34. The molecule has 0 aromatic heterocycles. The van der Waals surface area contributed by atoms with Gasteiger partial charge in [-0.05, 0) is 6.42 Å². The van der Waals surface area contributed by atoms with E-state index in [4.69, 9.17) is 10.2 Å². The Kier molecular flexibility index (Phi) is 5.18. The van der Waals surface area contributed by atoms with Crippen LogP contribution in [0.3, 0.4) is 0 Å². The molecule has 15 heavy (non-hydrogen) atoms. The van der Waals surface area contributed by atoms with Gasteiger partial charge in [0, 0.05) is 0 Å². The predicted octanol–water partition coefficient (Wildman–Crippen LogP) is 1.99. The molecule has 0 bridgehead atoms. The predicted molar refractivity (Wildman–Crippen MR) is 47.9 cm³/mol. The highest BCUT2D eigenvalue weighted by atomic mass is 19.3. The smallest absolute Gasteiger partial charge is 0.327 e. The standard InChI is InChI=1S/C9H14F2O4/c1-2-3-4-5-9(6(10)11,7(12)13)8(14)15/h6H,2-5H2,1H3,(H,12,13)(H,14,15). The SMILES string of the molecule is CCCCCC(C(=O)O)(C(=O)O)C(F)F. The first-order chi connectivity index (χ1) is 6.89. The lowest BCUT2D eigenvalue weighted by Gasteiger charge is -2.23. The van der Waals surface area contributed by atoms with Crippen LogP contribution >= 0.6 is 0 Å². The van der Waals surface area contributed by atoms with Crippen molar-refractivity contribution in [1.82, 2.24) is 0 Å². The average molecular weight is 224 g/mol. The summed E-state index contributed by atoms with van der Waals surface area (Å²) in [5.74, 6) is -3.94. The Morgan fingerprint density at radius 3 is 1.93 bits per heavy atom. The topological polar surface area (TPSA) is 74.6 Å². The Morgan fingerprint density at radius 1 is 1.20 bits per heavy atom.